The van der Waals surface area contributed by atoms with Gasteiger partial charge in [0.05, 0.1) is 11.8 Å². The smallest absolute Gasteiger partial charge is 0.254 e. The third-order valence-electron chi connectivity index (χ3n) is 2.27. The Morgan fingerprint density at radius 3 is 2.53 bits per heavy atom. The van der Waals surface area contributed by atoms with E-state index >= 15 is 0 Å². The first-order chi connectivity index (χ1) is 8.18. The standard InChI is InChI=1S/C12H9F2NO2/c13-10-2-1-3-11(14)9(10)6-15-12(16)8-4-5-17-7-8/h1-5,7H,6H2,(H,15,16). The molecule has 17 heavy (non-hydrogen) atoms. The van der Waals surface area contributed by atoms with E-state index in [9.17, 15) is 13.6 Å². The Bertz CT molecular complexity index is 503. The van der Waals surface area contributed by atoms with Gasteiger partial charge in [-0.3, -0.25) is 4.79 Å². The van der Waals surface area contributed by atoms with Crippen molar-refractivity contribution >= 4 is 5.91 Å². The largest absolute Gasteiger partial charge is 0.472 e. The van der Waals surface area contributed by atoms with Gasteiger partial charge in [-0.2, -0.15) is 0 Å². The van der Waals surface area contributed by atoms with E-state index in [4.69, 9.17) is 4.42 Å². The van der Waals surface area contributed by atoms with Gasteiger partial charge in [0.1, 0.15) is 17.9 Å². The fourth-order valence-corrected chi connectivity index (χ4v) is 1.37. The van der Waals surface area contributed by atoms with Crippen molar-refractivity contribution in [3.05, 3.63) is 59.6 Å². The second-order valence-electron chi connectivity index (χ2n) is 3.39. The zero-order valence-electron chi connectivity index (χ0n) is 8.74. The van der Waals surface area contributed by atoms with E-state index in [-0.39, 0.29) is 12.1 Å². The van der Waals surface area contributed by atoms with Crippen LogP contribution in [0.1, 0.15) is 15.9 Å². The van der Waals surface area contributed by atoms with Crippen molar-refractivity contribution in [2.45, 2.75) is 6.54 Å². The summed E-state index contributed by atoms with van der Waals surface area (Å²) in [6.07, 6.45) is 2.60. The molecule has 0 saturated carbocycles. The number of carbonyl (C=O) groups is 1. The van der Waals surface area contributed by atoms with Crippen LogP contribution >= 0.6 is 0 Å². The monoisotopic (exact) mass is 237 g/mol. The maximum Gasteiger partial charge on any atom is 0.254 e. The molecule has 0 saturated heterocycles. The molecular formula is C12H9F2NO2. The number of rotatable bonds is 3. The summed E-state index contributed by atoms with van der Waals surface area (Å²) in [6.45, 7) is -0.206. The summed E-state index contributed by atoms with van der Waals surface area (Å²) in [4.78, 5) is 11.5. The Balaban J connectivity index is 2.06. The highest BCUT2D eigenvalue weighted by molar-refractivity contribution is 5.93. The van der Waals surface area contributed by atoms with Gasteiger partial charge in [-0.1, -0.05) is 6.07 Å². The minimum Gasteiger partial charge on any atom is -0.472 e. The van der Waals surface area contributed by atoms with Gasteiger partial charge in [0.2, 0.25) is 0 Å². The zero-order chi connectivity index (χ0) is 12.3. The van der Waals surface area contributed by atoms with Gasteiger partial charge in [-0.05, 0) is 18.2 Å². The van der Waals surface area contributed by atoms with Crippen molar-refractivity contribution < 1.29 is 18.0 Å². The van der Waals surface area contributed by atoms with Crippen molar-refractivity contribution in [2.24, 2.45) is 0 Å². The van der Waals surface area contributed by atoms with Crippen LogP contribution in [-0.4, -0.2) is 5.91 Å². The fraction of sp³-hybridized carbons (Fsp3) is 0.0833. The summed E-state index contributed by atoms with van der Waals surface area (Å²) < 4.78 is 31.2. The van der Waals surface area contributed by atoms with Crippen LogP contribution in [-0.2, 0) is 6.54 Å². The summed E-state index contributed by atoms with van der Waals surface area (Å²) in [5.41, 5.74) is 0.145. The molecule has 0 unspecified atom stereocenters. The zero-order valence-corrected chi connectivity index (χ0v) is 8.74. The van der Waals surface area contributed by atoms with E-state index in [1.54, 1.807) is 0 Å². The molecule has 1 N–H and O–H groups in total. The first kappa shape index (κ1) is 11.3. The Morgan fingerprint density at radius 1 is 1.24 bits per heavy atom. The lowest BCUT2D eigenvalue weighted by atomic mass is 10.2. The molecule has 0 aliphatic carbocycles. The van der Waals surface area contributed by atoms with Gasteiger partial charge in [0.15, 0.2) is 0 Å². The highest BCUT2D eigenvalue weighted by Gasteiger charge is 2.11. The average molecular weight is 237 g/mol. The molecule has 0 radical (unpaired) electrons. The summed E-state index contributed by atoms with van der Waals surface area (Å²) in [5.74, 6) is -1.81. The SMILES string of the molecule is O=C(NCc1c(F)cccc1F)c1ccoc1. The Kier molecular flexibility index (Phi) is 3.18. The normalized spacial score (nSPS) is 10.2. The third-order valence-corrected chi connectivity index (χ3v) is 2.27. The molecule has 3 nitrogen and oxygen atoms in total. The van der Waals surface area contributed by atoms with Crippen LogP contribution in [0.25, 0.3) is 0 Å². The molecule has 0 aliphatic heterocycles. The molecule has 1 aromatic heterocycles. The number of furan rings is 1. The first-order valence-corrected chi connectivity index (χ1v) is 4.92. The van der Waals surface area contributed by atoms with Crippen LogP contribution in [0.15, 0.2) is 41.2 Å². The summed E-state index contributed by atoms with van der Waals surface area (Å²) in [6, 6.07) is 5.02. The summed E-state index contributed by atoms with van der Waals surface area (Å²) in [5, 5.41) is 2.40. The lowest BCUT2D eigenvalue weighted by molar-refractivity contribution is 0.0949. The predicted octanol–water partition coefficient (Wildman–Crippen LogP) is 2.49. The van der Waals surface area contributed by atoms with E-state index in [2.05, 4.69) is 5.32 Å². The van der Waals surface area contributed by atoms with Crippen molar-refractivity contribution in [3.8, 4) is 0 Å². The molecule has 88 valence electrons. The van der Waals surface area contributed by atoms with Gasteiger partial charge >= 0.3 is 0 Å². The number of benzene rings is 1. The molecule has 0 spiro atoms. The van der Waals surface area contributed by atoms with Crippen LogP contribution in [0.5, 0.6) is 0 Å². The van der Waals surface area contributed by atoms with Gasteiger partial charge in [-0.15, -0.1) is 0 Å². The van der Waals surface area contributed by atoms with Crippen molar-refractivity contribution in [3.63, 3.8) is 0 Å². The van der Waals surface area contributed by atoms with Crippen molar-refractivity contribution in [2.75, 3.05) is 0 Å². The maximum absolute atomic E-state index is 13.2. The molecule has 5 heteroatoms. The van der Waals surface area contributed by atoms with Crippen molar-refractivity contribution in [1.29, 1.82) is 0 Å². The highest BCUT2D eigenvalue weighted by Crippen LogP contribution is 2.11. The number of amides is 1. The Labute approximate surface area is 96.1 Å². The number of carbonyl (C=O) groups excluding carboxylic acids is 1. The molecule has 0 fully saturated rings. The molecule has 0 atom stereocenters. The minimum absolute atomic E-state index is 0.163. The quantitative estimate of drug-likeness (QED) is 0.891. The van der Waals surface area contributed by atoms with E-state index in [1.165, 1.54) is 24.7 Å². The fourth-order valence-electron chi connectivity index (χ4n) is 1.37. The molecule has 0 bridgehead atoms. The minimum atomic E-state index is -0.683. The lowest BCUT2D eigenvalue weighted by Gasteiger charge is -2.06. The second kappa shape index (κ2) is 4.78. The predicted molar refractivity (Wildman–Crippen MR) is 56.2 cm³/mol. The third kappa shape index (κ3) is 2.50. The van der Waals surface area contributed by atoms with E-state index in [0.717, 1.165) is 12.1 Å². The number of hydrogen-bond donors (Lipinski definition) is 1. The second-order valence-corrected chi connectivity index (χ2v) is 3.39. The Morgan fingerprint density at radius 2 is 1.94 bits per heavy atom. The van der Waals surface area contributed by atoms with Gasteiger partial charge in [0, 0.05) is 12.1 Å². The topological polar surface area (TPSA) is 42.2 Å². The van der Waals surface area contributed by atoms with E-state index in [1.807, 2.05) is 0 Å². The van der Waals surface area contributed by atoms with Crippen LogP contribution in [0, 0.1) is 11.6 Å². The van der Waals surface area contributed by atoms with Crippen LogP contribution < -0.4 is 5.32 Å². The molecule has 1 heterocycles. The average Bonchev–Trinajstić information content (AvgIpc) is 2.81. The maximum atomic E-state index is 13.2. The van der Waals surface area contributed by atoms with E-state index < -0.39 is 17.5 Å². The summed E-state index contributed by atoms with van der Waals surface area (Å²) >= 11 is 0. The van der Waals surface area contributed by atoms with Crippen molar-refractivity contribution in [1.82, 2.24) is 5.32 Å². The van der Waals surface area contributed by atoms with E-state index in [0.29, 0.717) is 5.56 Å². The highest BCUT2D eigenvalue weighted by atomic mass is 19.1. The molecule has 1 aromatic carbocycles. The van der Waals surface area contributed by atoms with Crippen LogP contribution in [0.2, 0.25) is 0 Å². The molecule has 0 aliphatic rings. The number of nitrogens with one attached hydrogen (secondary N) is 1. The number of halogens is 2. The molecule has 2 rings (SSSR count). The lowest BCUT2D eigenvalue weighted by Crippen LogP contribution is -2.23. The first-order valence-electron chi connectivity index (χ1n) is 4.92. The van der Waals surface area contributed by atoms with Crippen LogP contribution in [0.4, 0.5) is 8.78 Å². The molecular weight excluding hydrogens is 228 g/mol. The summed E-state index contributed by atoms with van der Waals surface area (Å²) in [7, 11) is 0. The molecule has 1 amide bonds. The molecule has 2 aromatic rings. The van der Waals surface area contributed by atoms with Gasteiger partial charge < -0.3 is 9.73 Å². The Hall–Kier alpha value is -2.17. The van der Waals surface area contributed by atoms with Crippen LogP contribution in [0.3, 0.4) is 0 Å². The van der Waals surface area contributed by atoms with Gasteiger partial charge in [0.25, 0.3) is 5.91 Å². The number of hydrogen-bond acceptors (Lipinski definition) is 2. The van der Waals surface area contributed by atoms with Gasteiger partial charge in [-0.25, -0.2) is 8.78 Å².